The second kappa shape index (κ2) is 7.31. The van der Waals surface area contributed by atoms with E-state index < -0.39 is 17.9 Å². The Kier molecular flexibility index (Phi) is 4.93. The molecule has 0 saturated heterocycles. The molecule has 1 heterocycles. The highest BCUT2D eigenvalue weighted by Crippen LogP contribution is 2.14. The molecule has 26 heavy (non-hydrogen) atoms. The van der Waals surface area contributed by atoms with Gasteiger partial charge in [-0.2, -0.15) is 5.10 Å². The lowest BCUT2D eigenvalue weighted by Crippen LogP contribution is -2.24. The number of ether oxygens (including phenoxy) is 1. The van der Waals surface area contributed by atoms with E-state index in [9.17, 15) is 14.0 Å². The molecule has 0 radical (unpaired) electrons. The third-order valence-corrected chi connectivity index (χ3v) is 3.96. The average Bonchev–Trinajstić information content (AvgIpc) is 3.07. The number of hydrogen-bond donors (Lipinski definition) is 0. The normalized spacial score (nSPS) is 11.8. The maximum Gasteiger partial charge on any atom is 0.338 e. The molecule has 0 amide bonds. The lowest BCUT2D eigenvalue weighted by molar-refractivity contribution is 0.0319. The van der Waals surface area contributed by atoms with Gasteiger partial charge in [0.2, 0.25) is 5.78 Å². The van der Waals surface area contributed by atoms with Crippen LogP contribution in [0.1, 0.15) is 33.3 Å². The number of rotatable bonds is 5. The number of esters is 1. The van der Waals surface area contributed by atoms with Gasteiger partial charge in [0.25, 0.3) is 0 Å². The summed E-state index contributed by atoms with van der Waals surface area (Å²) < 4.78 is 19.9. The molecule has 1 aromatic heterocycles. The van der Waals surface area contributed by atoms with E-state index in [4.69, 9.17) is 4.74 Å². The first-order chi connectivity index (χ1) is 12.5. The highest BCUT2D eigenvalue weighted by Gasteiger charge is 2.20. The van der Waals surface area contributed by atoms with Crippen LogP contribution in [0.5, 0.6) is 0 Å². The van der Waals surface area contributed by atoms with E-state index in [1.807, 2.05) is 13.0 Å². The van der Waals surface area contributed by atoms with Crippen molar-refractivity contribution < 1.29 is 18.7 Å². The van der Waals surface area contributed by atoms with Gasteiger partial charge in [-0.25, -0.2) is 13.9 Å². The first-order valence-corrected chi connectivity index (χ1v) is 8.07. The number of benzene rings is 2. The molecule has 0 aliphatic rings. The van der Waals surface area contributed by atoms with Crippen molar-refractivity contribution in [2.75, 3.05) is 0 Å². The summed E-state index contributed by atoms with van der Waals surface area (Å²) in [6, 6.07) is 13.7. The van der Waals surface area contributed by atoms with Gasteiger partial charge in [-0.15, -0.1) is 0 Å². The third-order valence-electron chi connectivity index (χ3n) is 3.96. The van der Waals surface area contributed by atoms with Crippen LogP contribution in [0.4, 0.5) is 4.39 Å². The van der Waals surface area contributed by atoms with Gasteiger partial charge in [0.05, 0.1) is 11.3 Å². The smallest absolute Gasteiger partial charge is 0.338 e. The standard InChI is InChI=1S/C20H17FN2O3/c1-13-11-12-22-23(13)18-9-5-16(6-10-18)20(25)26-14(2)19(24)15-3-7-17(21)8-4-15/h3-12,14H,1-2H3/t14-/m0/s1. The number of hydrogen-bond acceptors (Lipinski definition) is 4. The molecule has 0 fully saturated rings. The Morgan fingerprint density at radius 2 is 1.62 bits per heavy atom. The summed E-state index contributed by atoms with van der Waals surface area (Å²) in [5.74, 6) is -1.42. The number of carbonyl (C=O) groups excluding carboxylic acids is 2. The monoisotopic (exact) mass is 352 g/mol. The Bertz CT molecular complexity index is 930. The second-order valence-electron chi connectivity index (χ2n) is 5.85. The zero-order chi connectivity index (χ0) is 18.7. The van der Waals surface area contributed by atoms with Crippen LogP contribution >= 0.6 is 0 Å². The number of carbonyl (C=O) groups is 2. The van der Waals surface area contributed by atoms with Gasteiger partial charge in [-0.05, 0) is 68.4 Å². The Hall–Kier alpha value is -3.28. The van der Waals surface area contributed by atoms with E-state index in [1.54, 1.807) is 35.1 Å². The molecule has 0 aliphatic carbocycles. The van der Waals surface area contributed by atoms with Gasteiger partial charge >= 0.3 is 5.97 Å². The fourth-order valence-corrected chi connectivity index (χ4v) is 2.51. The maximum absolute atomic E-state index is 12.9. The van der Waals surface area contributed by atoms with E-state index in [2.05, 4.69) is 5.10 Å². The number of aromatic nitrogens is 2. The summed E-state index contributed by atoms with van der Waals surface area (Å²) in [6.45, 7) is 3.42. The molecule has 3 rings (SSSR count). The summed E-state index contributed by atoms with van der Waals surface area (Å²) in [7, 11) is 0. The van der Waals surface area contributed by atoms with E-state index in [0.29, 0.717) is 5.56 Å². The molecule has 0 spiro atoms. The zero-order valence-electron chi connectivity index (χ0n) is 14.3. The SMILES string of the molecule is Cc1ccnn1-c1ccc(C(=O)O[C@@H](C)C(=O)c2ccc(F)cc2)cc1. The summed E-state index contributed by atoms with van der Waals surface area (Å²) in [6.07, 6.45) is 0.723. The van der Waals surface area contributed by atoms with Crippen LogP contribution in [0.2, 0.25) is 0 Å². The van der Waals surface area contributed by atoms with E-state index in [1.165, 1.54) is 31.2 Å². The van der Waals surface area contributed by atoms with Crippen LogP contribution in [-0.2, 0) is 4.74 Å². The largest absolute Gasteiger partial charge is 0.451 e. The summed E-state index contributed by atoms with van der Waals surface area (Å²) in [4.78, 5) is 24.5. The maximum atomic E-state index is 12.9. The van der Waals surface area contributed by atoms with Crippen molar-refractivity contribution in [3.63, 3.8) is 0 Å². The molecule has 5 nitrogen and oxygen atoms in total. The van der Waals surface area contributed by atoms with Crippen molar-refractivity contribution in [2.24, 2.45) is 0 Å². The van der Waals surface area contributed by atoms with Crippen LogP contribution < -0.4 is 0 Å². The quantitative estimate of drug-likeness (QED) is 0.518. The van der Waals surface area contributed by atoms with Crippen molar-refractivity contribution >= 4 is 11.8 Å². The summed E-state index contributed by atoms with van der Waals surface area (Å²) >= 11 is 0. The number of nitrogens with zero attached hydrogens (tertiary/aromatic N) is 2. The van der Waals surface area contributed by atoms with Crippen molar-refractivity contribution in [2.45, 2.75) is 20.0 Å². The van der Waals surface area contributed by atoms with Gasteiger partial charge in [-0.1, -0.05) is 0 Å². The highest BCUT2D eigenvalue weighted by atomic mass is 19.1. The molecule has 0 N–H and O–H groups in total. The molecule has 0 aliphatic heterocycles. The predicted molar refractivity (Wildman–Crippen MR) is 93.9 cm³/mol. The fourth-order valence-electron chi connectivity index (χ4n) is 2.51. The first-order valence-electron chi connectivity index (χ1n) is 8.07. The summed E-state index contributed by atoms with van der Waals surface area (Å²) in [5.41, 5.74) is 2.41. The van der Waals surface area contributed by atoms with Crippen molar-refractivity contribution in [1.29, 1.82) is 0 Å². The molecular formula is C20H17FN2O3. The van der Waals surface area contributed by atoms with Crippen molar-refractivity contribution in [1.82, 2.24) is 9.78 Å². The van der Waals surface area contributed by atoms with Gasteiger partial charge in [0, 0.05) is 17.5 Å². The minimum Gasteiger partial charge on any atom is -0.451 e. The number of ketones is 1. The molecule has 2 aromatic carbocycles. The Morgan fingerprint density at radius 3 is 2.19 bits per heavy atom. The third kappa shape index (κ3) is 3.69. The molecule has 132 valence electrons. The van der Waals surface area contributed by atoms with E-state index >= 15 is 0 Å². The Balaban J connectivity index is 1.68. The highest BCUT2D eigenvalue weighted by molar-refractivity contribution is 6.01. The van der Waals surface area contributed by atoms with Crippen LogP contribution in [0.25, 0.3) is 5.69 Å². The molecule has 0 unspecified atom stereocenters. The van der Waals surface area contributed by atoms with Crippen LogP contribution in [0, 0.1) is 12.7 Å². The lowest BCUT2D eigenvalue weighted by atomic mass is 10.1. The van der Waals surface area contributed by atoms with Crippen LogP contribution in [0.15, 0.2) is 60.8 Å². The van der Waals surface area contributed by atoms with Gasteiger partial charge in [0.1, 0.15) is 5.82 Å². The van der Waals surface area contributed by atoms with E-state index in [0.717, 1.165) is 11.4 Å². The Labute approximate surface area is 150 Å². The Morgan fingerprint density at radius 1 is 1.00 bits per heavy atom. The van der Waals surface area contributed by atoms with Crippen LogP contribution in [0.3, 0.4) is 0 Å². The van der Waals surface area contributed by atoms with Gasteiger partial charge < -0.3 is 4.74 Å². The minimum absolute atomic E-state index is 0.288. The minimum atomic E-state index is -0.971. The number of Topliss-reactive ketones (excluding diaryl/α,β-unsaturated/α-hetero) is 1. The number of halogens is 1. The molecule has 0 saturated carbocycles. The van der Waals surface area contributed by atoms with Crippen LogP contribution in [-0.4, -0.2) is 27.6 Å². The van der Waals surface area contributed by atoms with Crippen molar-refractivity contribution in [3.05, 3.63) is 83.4 Å². The molecular weight excluding hydrogens is 335 g/mol. The van der Waals surface area contributed by atoms with Gasteiger partial charge in [0.15, 0.2) is 6.10 Å². The first kappa shape index (κ1) is 17.5. The molecule has 3 aromatic rings. The van der Waals surface area contributed by atoms with Gasteiger partial charge in [-0.3, -0.25) is 4.79 Å². The molecule has 6 heteroatoms. The average molecular weight is 352 g/mol. The second-order valence-corrected chi connectivity index (χ2v) is 5.85. The topological polar surface area (TPSA) is 61.2 Å². The fraction of sp³-hybridized carbons (Fsp3) is 0.150. The zero-order valence-corrected chi connectivity index (χ0v) is 14.3. The summed E-state index contributed by atoms with van der Waals surface area (Å²) in [5, 5.41) is 4.20. The number of aryl methyl sites for hydroxylation is 1. The molecule has 0 bridgehead atoms. The molecule has 1 atom stereocenters. The van der Waals surface area contributed by atoms with E-state index in [-0.39, 0.29) is 11.3 Å². The van der Waals surface area contributed by atoms with Crippen molar-refractivity contribution in [3.8, 4) is 5.69 Å². The lowest BCUT2D eigenvalue weighted by Gasteiger charge is -2.13. The predicted octanol–water partition coefficient (Wildman–Crippen LogP) is 3.75.